The Morgan fingerprint density at radius 2 is 1.62 bits per heavy atom. The lowest BCUT2D eigenvalue weighted by Gasteiger charge is -2.35. The van der Waals surface area contributed by atoms with Crippen LogP contribution in [0, 0.1) is 5.92 Å². The number of morpholine rings is 1. The van der Waals surface area contributed by atoms with Crippen LogP contribution in [-0.4, -0.2) is 61.0 Å². The van der Waals surface area contributed by atoms with E-state index in [-0.39, 0.29) is 17.7 Å². The molecule has 29 heavy (non-hydrogen) atoms. The van der Waals surface area contributed by atoms with Crippen LogP contribution in [0.5, 0.6) is 0 Å². The number of likely N-dealkylation sites (tertiary alicyclic amines) is 1. The average molecular weight is 396 g/mol. The number of carbonyl (C=O) groups is 2. The van der Waals surface area contributed by atoms with Crippen molar-refractivity contribution in [1.29, 1.82) is 0 Å². The van der Waals surface area contributed by atoms with Crippen LogP contribution in [0.4, 0.5) is 0 Å². The van der Waals surface area contributed by atoms with Gasteiger partial charge in [-0.15, -0.1) is 0 Å². The predicted molar refractivity (Wildman–Crippen MR) is 109 cm³/mol. The molecule has 0 spiro atoms. The van der Waals surface area contributed by atoms with Crippen molar-refractivity contribution in [3.63, 3.8) is 0 Å². The van der Waals surface area contributed by atoms with E-state index in [2.05, 4.69) is 0 Å². The molecule has 3 heterocycles. The van der Waals surface area contributed by atoms with E-state index >= 15 is 0 Å². The maximum absolute atomic E-state index is 12.6. The Hall–Kier alpha value is -2.60. The number of ether oxygens (including phenoxy) is 1. The van der Waals surface area contributed by atoms with Crippen LogP contribution in [0.2, 0.25) is 0 Å². The normalized spacial score (nSPS) is 18.1. The third-order valence-corrected chi connectivity index (χ3v) is 5.82. The Morgan fingerprint density at radius 3 is 2.34 bits per heavy atom. The molecule has 0 aliphatic carbocycles. The number of piperidine rings is 1. The summed E-state index contributed by atoms with van der Waals surface area (Å²) in [7, 11) is 0. The van der Waals surface area contributed by atoms with Gasteiger partial charge in [-0.2, -0.15) is 0 Å². The number of carbonyl (C=O) groups excluding carboxylic acids is 2. The van der Waals surface area contributed by atoms with Gasteiger partial charge in [0.1, 0.15) is 11.5 Å². The molecule has 0 saturated carbocycles. The summed E-state index contributed by atoms with van der Waals surface area (Å²) in [6.07, 6.45) is 2.53. The number of aryl methyl sites for hydroxylation is 1. The Kier molecular flexibility index (Phi) is 6.30. The Bertz CT molecular complexity index is 818. The van der Waals surface area contributed by atoms with E-state index in [0.717, 1.165) is 29.9 Å². The van der Waals surface area contributed by atoms with E-state index in [1.807, 2.05) is 52.3 Å². The van der Waals surface area contributed by atoms with Crippen molar-refractivity contribution in [2.45, 2.75) is 25.7 Å². The zero-order chi connectivity index (χ0) is 20.1. The number of amides is 2. The molecule has 0 N–H and O–H groups in total. The Balaban J connectivity index is 1.23. The minimum Gasteiger partial charge on any atom is -0.461 e. The van der Waals surface area contributed by atoms with E-state index in [9.17, 15) is 9.59 Å². The number of hydrogen-bond donors (Lipinski definition) is 0. The molecular weight excluding hydrogens is 368 g/mol. The smallest absolute Gasteiger partial charge is 0.225 e. The summed E-state index contributed by atoms with van der Waals surface area (Å²) >= 11 is 0. The standard InChI is InChI=1S/C23H28N2O4/c26-22(9-7-20-6-8-21(29-20)18-4-2-1-3-5-18)24-12-10-19(11-13-24)23(27)25-14-16-28-17-15-25/h1-6,8,19H,7,9-17H2. The fourth-order valence-electron chi connectivity index (χ4n) is 4.08. The fraction of sp³-hybridized carbons (Fsp3) is 0.478. The highest BCUT2D eigenvalue weighted by molar-refractivity contribution is 5.80. The molecule has 0 unspecified atom stereocenters. The second-order valence-corrected chi connectivity index (χ2v) is 7.72. The average Bonchev–Trinajstić information content (AvgIpc) is 3.27. The zero-order valence-corrected chi connectivity index (χ0v) is 16.7. The summed E-state index contributed by atoms with van der Waals surface area (Å²) in [6.45, 7) is 3.95. The third-order valence-electron chi connectivity index (χ3n) is 5.82. The molecule has 1 aromatic heterocycles. The lowest BCUT2D eigenvalue weighted by molar-refractivity contribution is -0.143. The molecule has 6 heteroatoms. The first-order valence-corrected chi connectivity index (χ1v) is 10.5. The van der Waals surface area contributed by atoms with Gasteiger partial charge in [0, 0.05) is 50.5 Å². The summed E-state index contributed by atoms with van der Waals surface area (Å²) in [6, 6.07) is 13.9. The minimum atomic E-state index is 0.0376. The van der Waals surface area contributed by atoms with Gasteiger partial charge >= 0.3 is 0 Å². The zero-order valence-electron chi connectivity index (χ0n) is 16.7. The SMILES string of the molecule is O=C(CCc1ccc(-c2ccccc2)o1)N1CCC(C(=O)N2CCOCC2)CC1. The molecule has 2 fully saturated rings. The largest absolute Gasteiger partial charge is 0.461 e. The first-order chi connectivity index (χ1) is 14.2. The van der Waals surface area contributed by atoms with Gasteiger partial charge in [-0.3, -0.25) is 9.59 Å². The Labute approximate surface area is 171 Å². The Morgan fingerprint density at radius 1 is 0.897 bits per heavy atom. The van der Waals surface area contributed by atoms with Crippen LogP contribution in [-0.2, 0) is 20.7 Å². The van der Waals surface area contributed by atoms with Gasteiger partial charge in [-0.05, 0) is 25.0 Å². The van der Waals surface area contributed by atoms with Gasteiger partial charge in [0.05, 0.1) is 13.2 Å². The number of hydrogen-bond acceptors (Lipinski definition) is 4. The van der Waals surface area contributed by atoms with Gasteiger partial charge in [-0.25, -0.2) is 0 Å². The van der Waals surface area contributed by atoms with Crippen molar-refractivity contribution in [2.24, 2.45) is 5.92 Å². The second-order valence-electron chi connectivity index (χ2n) is 7.72. The van der Waals surface area contributed by atoms with Crippen LogP contribution < -0.4 is 0 Å². The van der Waals surface area contributed by atoms with Crippen LogP contribution >= 0.6 is 0 Å². The van der Waals surface area contributed by atoms with Crippen LogP contribution in [0.1, 0.15) is 25.0 Å². The van der Waals surface area contributed by atoms with Crippen LogP contribution in [0.25, 0.3) is 11.3 Å². The molecule has 2 aromatic rings. The summed E-state index contributed by atoms with van der Waals surface area (Å²) in [5.74, 6) is 2.06. The first kappa shape index (κ1) is 19.7. The highest BCUT2D eigenvalue weighted by atomic mass is 16.5. The molecule has 2 amide bonds. The molecule has 2 aliphatic heterocycles. The summed E-state index contributed by atoms with van der Waals surface area (Å²) in [5, 5.41) is 0. The summed E-state index contributed by atoms with van der Waals surface area (Å²) in [4.78, 5) is 29.0. The molecule has 2 aliphatic rings. The molecule has 0 bridgehead atoms. The van der Waals surface area contributed by atoms with Crippen LogP contribution in [0.3, 0.4) is 0 Å². The quantitative estimate of drug-likeness (QED) is 0.780. The molecule has 6 nitrogen and oxygen atoms in total. The van der Waals surface area contributed by atoms with Gasteiger partial charge < -0.3 is 19.0 Å². The lowest BCUT2D eigenvalue weighted by Crippen LogP contribution is -2.47. The van der Waals surface area contributed by atoms with E-state index in [4.69, 9.17) is 9.15 Å². The van der Waals surface area contributed by atoms with Crippen molar-refractivity contribution in [1.82, 2.24) is 9.80 Å². The van der Waals surface area contributed by atoms with E-state index in [1.165, 1.54) is 0 Å². The van der Waals surface area contributed by atoms with Crippen molar-refractivity contribution in [2.75, 3.05) is 39.4 Å². The monoisotopic (exact) mass is 396 g/mol. The van der Waals surface area contributed by atoms with Gasteiger partial charge in [0.15, 0.2) is 0 Å². The lowest BCUT2D eigenvalue weighted by atomic mass is 9.94. The van der Waals surface area contributed by atoms with Crippen molar-refractivity contribution >= 4 is 11.8 Å². The highest BCUT2D eigenvalue weighted by Crippen LogP contribution is 2.24. The van der Waals surface area contributed by atoms with Crippen molar-refractivity contribution < 1.29 is 18.7 Å². The maximum atomic E-state index is 12.6. The van der Waals surface area contributed by atoms with Crippen molar-refractivity contribution in [3.05, 3.63) is 48.2 Å². The third kappa shape index (κ3) is 4.88. The molecule has 0 atom stereocenters. The summed E-state index contributed by atoms with van der Waals surface area (Å²) in [5.41, 5.74) is 1.04. The molecular formula is C23H28N2O4. The second kappa shape index (κ2) is 9.27. The van der Waals surface area contributed by atoms with E-state index < -0.39 is 0 Å². The maximum Gasteiger partial charge on any atom is 0.225 e. The molecule has 4 rings (SSSR count). The molecule has 0 radical (unpaired) electrons. The number of nitrogens with zero attached hydrogens (tertiary/aromatic N) is 2. The van der Waals surface area contributed by atoms with Crippen LogP contribution in [0.15, 0.2) is 46.9 Å². The molecule has 154 valence electrons. The summed E-state index contributed by atoms with van der Waals surface area (Å²) < 4.78 is 11.2. The minimum absolute atomic E-state index is 0.0376. The van der Waals surface area contributed by atoms with E-state index in [1.54, 1.807) is 0 Å². The van der Waals surface area contributed by atoms with Gasteiger partial charge in [0.25, 0.3) is 0 Å². The van der Waals surface area contributed by atoms with Gasteiger partial charge in [0.2, 0.25) is 11.8 Å². The van der Waals surface area contributed by atoms with E-state index in [0.29, 0.717) is 52.2 Å². The predicted octanol–water partition coefficient (Wildman–Crippen LogP) is 2.98. The molecule has 2 saturated heterocycles. The fourth-order valence-corrected chi connectivity index (χ4v) is 4.08. The van der Waals surface area contributed by atoms with Gasteiger partial charge in [-0.1, -0.05) is 30.3 Å². The topological polar surface area (TPSA) is 63.0 Å². The molecule has 1 aromatic carbocycles. The number of furan rings is 1. The first-order valence-electron chi connectivity index (χ1n) is 10.5. The van der Waals surface area contributed by atoms with Crippen molar-refractivity contribution in [3.8, 4) is 11.3 Å². The number of benzene rings is 1. The highest BCUT2D eigenvalue weighted by Gasteiger charge is 2.30. The number of rotatable bonds is 5.